The minimum Gasteiger partial charge on any atom is -0.480 e. The first kappa shape index (κ1) is 10.6. The third kappa shape index (κ3) is 2.17. The summed E-state index contributed by atoms with van der Waals surface area (Å²) >= 11 is 0. The zero-order valence-electron chi connectivity index (χ0n) is 8.63. The molecule has 16 heavy (non-hydrogen) atoms. The lowest BCUT2D eigenvalue weighted by Crippen LogP contribution is -2.32. The van der Waals surface area contributed by atoms with E-state index >= 15 is 0 Å². The average Bonchev–Trinajstić information content (AvgIpc) is 2.28. The van der Waals surface area contributed by atoms with Crippen molar-refractivity contribution in [2.24, 2.45) is 5.73 Å². The van der Waals surface area contributed by atoms with E-state index in [1.165, 1.54) is 0 Å². The monoisotopic (exact) mass is 216 g/mol. The van der Waals surface area contributed by atoms with E-state index in [0.717, 1.165) is 10.8 Å². The topological polar surface area (TPSA) is 76.2 Å². The minimum absolute atomic E-state index is 0.250. The normalized spacial score (nSPS) is 12.6. The molecule has 4 nitrogen and oxygen atoms in total. The Labute approximate surface area is 92.7 Å². The van der Waals surface area contributed by atoms with E-state index < -0.39 is 12.0 Å². The van der Waals surface area contributed by atoms with Gasteiger partial charge >= 0.3 is 5.97 Å². The summed E-state index contributed by atoms with van der Waals surface area (Å²) in [6.45, 7) is 0. The molecule has 0 aliphatic carbocycles. The maximum atomic E-state index is 10.6. The van der Waals surface area contributed by atoms with Crippen LogP contribution < -0.4 is 5.73 Å². The zero-order valence-corrected chi connectivity index (χ0v) is 8.63. The van der Waals surface area contributed by atoms with E-state index in [-0.39, 0.29) is 6.42 Å². The molecule has 0 amide bonds. The molecule has 2 aromatic rings. The van der Waals surface area contributed by atoms with Crippen LogP contribution in [-0.2, 0) is 11.2 Å². The molecule has 1 atom stereocenters. The molecule has 1 heterocycles. The van der Waals surface area contributed by atoms with Crippen LogP contribution in [0.4, 0.5) is 0 Å². The number of aliphatic carboxylic acids is 1. The van der Waals surface area contributed by atoms with Gasteiger partial charge in [0, 0.05) is 23.7 Å². The number of nitrogens with zero attached hydrogens (tertiary/aromatic N) is 1. The third-order valence-electron chi connectivity index (χ3n) is 2.43. The molecule has 0 aliphatic heterocycles. The lowest BCUT2D eigenvalue weighted by molar-refractivity contribution is -0.138. The van der Waals surface area contributed by atoms with Crippen molar-refractivity contribution >= 4 is 16.7 Å². The van der Waals surface area contributed by atoms with E-state index in [1.54, 1.807) is 6.20 Å². The van der Waals surface area contributed by atoms with Gasteiger partial charge in [-0.05, 0) is 11.5 Å². The van der Waals surface area contributed by atoms with Crippen LogP contribution in [0.25, 0.3) is 10.8 Å². The largest absolute Gasteiger partial charge is 0.480 e. The summed E-state index contributed by atoms with van der Waals surface area (Å²) in [7, 11) is 0. The fourth-order valence-electron chi connectivity index (χ4n) is 1.55. The van der Waals surface area contributed by atoms with Crippen LogP contribution in [0.15, 0.2) is 36.5 Å². The van der Waals surface area contributed by atoms with E-state index in [0.29, 0.717) is 5.69 Å². The second kappa shape index (κ2) is 4.28. The van der Waals surface area contributed by atoms with Crippen LogP contribution in [0.3, 0.4) is 0 Å². The second-order valence-electron chi connectivity index (χ2n) is 3.67. The summed E-state index contributed by atoms with van der Waals surface area (Å²) in [4.78, 5) is 14.8. The molecule has 4 heteroatoms. The number of pyridine rings is 1. The lowest BCUT2D eigenvalue weighted by Gasteiger charge is -2.06. The third-order valence-corrected chi connectivity index (χ3v) is 2.43. The van der Waals surface area contributed by atoms with Crippen LogP contribution in [0, 0.1) is 0 Å². The highest BCUT2D eigenvalue weighted by Crippen LogP contribution is 2.13. The van der Waals surface area contributed by atoms with E-state index in [9.17, 15) is 4.79 Å². The Kier molecular flexibility index (Phi) is 2.83. The van der Waals surface area contributed by atoms with Gasteiger partial charge in [0.05, 0.1) is 0 Å². The average molecular weight is 216 g/mol. The molecule has 1 aromatic heterocycles. The molecule has 82 valence electrons. The van der Waals surface area contributed by atoms with Crippen molar-refractivity contribution in [3.63, 3.8) is 0 Å². The van der Waals surface area contributed by atoms with Crippen molar-refractivity contribution < 1.29 is 9.90 Å². The number of carboxylic acids is 1. The van der Waals surface area contributed by atoms with Crippen LogP contribution in [0.5, 0.6) is 0 Å². The molecule has 0 saturated carbocycles. The summed E-state index contributed by atoms with van der Waals surface area (Å²) in [6, 6.07) is 8.78. The number of carboxylic acid groups (broad SMARTS) is 1. The first-order valence-corrected chi connectivity index (χ1v) is 4.99. The fourth-order valence-corrected chi connectivity index (χ4v) is 1.55. The number of benzene rings is 1. The van der Waals surface area contributed by atoms with Crippen molar-refractivity contribution in [3.05, 3.63) is 42.2 Å². The van der Waals surface area contributed by atoms with Gasteiger partial charge in [0.25, 0.3) is 0 Å². The van der Waals surface area contributed by atoms with Crippen molar-refractivity contribution in [2.45, 2.75) is 12.5 Å². The molecular weight excluding hydrogens is 204 g/mol. The first-order valence-electron chi connectivity index (χ1n) is 4.99. The van der Waals surface area contributed by atoms with E-state index in [2.05, 4.69) is 4.98 Å². The lowest BCUT2D eigenvalue weighted by atomic mass is 10.1. The number of rotatable bonds is 3. The Morgan fingerprint density at radius 3 is 2.75 bits per heavy atom. The van der Waals surface area contributed by atoms with Crippen LogP contribution in [-0.4, -0.2) is 22.1 Å². The van der Waals surface area contributed by atoms with Gasteiger partial charge in [0.15, 0.2) is 0 Å². The predicted molar refractivity (Wildman–Crippen MR) is 61.1 cm³/mol. The molecule has 1 unspecified atom stereocenters. The molecule has 0 saturated heterocycles. The zero-order chi connectivity index (χ0) is 11.5. The number of fused-ring (bicyclic) bond motifs is 1. The standard InChI is InChI=1S/C12H12N2O2/c13-11(12(15)16)6-10-5-8-3-1-2-4-9(8)7-14-10/h1-5,7,11H,6,13H2,(H,15,16). The number of carbonyl (C=O) groups is 1. The second-order valence-corrected chi connectivity index (χ2v) is 3.67. The Balaban J connectivity index is 2.29. The molecule has 3 N–H and O–H groups in total. The fraction of sp³-hybridized carbons (Fsp3) is 0.167. The van der Waals surface area contributed by atoms with Gasteiger partial charge in [-0.15, -0.1) is 0 Å². The molecule has 0 spiro atoms. The van der Waals surface area contributed by atoms with Crippen molar-refractivity contribution in [1.29, 1.82) is 0 Å². The molecule has 0 aliphatic rings. The summed E-state index contributed by atoms with van der Waals surface area (Å²) in [5.74, 6) is -1.00. The van der Waals surface area contributed by atoms with E-state index in [1.807, 2.05) is 30.3 Å². The summed E-state index contributed by atoms with van der Waals surface area (Å²) in [6.07, 6.45) is 1.99. The molecular formula is C12H12N2O2. The molecule has 0 radical (unpaired) electrons. The van der Waals surface area contributed by atoms with Gasteiger partial charge in [-0.1, -0.05) is 24.3 Å². The van der Waals surface area contributed by atoms with Gasteiger partial charge in [-0.25, -0.2) is 0 Å². The number of hydrogen-bond donors (Lipinski definition) is 2. The van der Waals surface area contributed by atoms with Gasteiger partial charge in [0.1, 0.15) is 6.04 Å². The summed E-state index contributed by atoms with van der Waals surface area (Å²) in [5.41, 5.74) is 6.16. The van der Waals surface area contributed by atoms with Gasteiger partial charge in [-0.3, -0.25) is 9.78 Å². The molecule has 2 rings (SSSR count). The maximum absolute atomic E-state index is 10.6. The summed E-state index contributed by atoms with van der Waals surface area (Å²) in [5, 5.41) is 10.8. The molecule has 0 fully saturated rings. The highest BCUT2D eigenvalue weighted by atomic mass is 16.4. The highest BCUT2D eigenvalue weighted by molar-refractivity contribution is 5.82. The first-order chi connectivity index (χ1) is 7.66. The number of hydrogen-bond acceptors (Lipinski definition) is 3. The van der Waals surface area contributed by atoms with Crippen LogP contribution >= 0.6 is 0 Å². The highest BCUT2D eigenvalue weighted by Gasteiger charge is 2.12. The number of aromatic nitrogens is 1. The number of nitrogens with two attached hydrogens (primary N) is 1. The smallest absolute Gasteiger partial charge is 0.320 e. The van der Waals surface area contributed by atoms with Crippen LogP contribution in [0.1, 0.15) is 5.69 Å². The Morgan fingerprint density at radius 1 is 1.38 bits per heavy atom. The maximum Gasteiger partial charge on any atom is 0.320 e. The van der Waals surface area contributed by atoms with Gasteiger partial charge < -0.3 is 10.8 Å². The van der Waals surface area contributed by atoms with E-state index in [4.69, 9.17) is 10.8 Å². The minimum atomic E-state index is -1.00. The Bertz CT molecular complexity index is 525. The van der Waals surface area contributed by atoms with Crippen LogP contribution in [0.2, 0.25) is 0 Å². The summed E-state index contributed by atoms with van der Waals surface area (Å²) < 4.78 is 0. The molecule has 1 aromatic carbocycles. The predicted octanol–water partition coefficient (Wildman–Crippen LogP) is 1.19. The quantitative estimate of drug-likeness (QED) is 0.808. The van der Waals surface area contributed by atoms with Crippen molar-refractivity contribution in [3.8, 4) is 0 Å². The Morgan fingerprint density at radius 2 is 2.06 bits per heavy atom. The van der Waals surface area contributed by atoms with Crippen molar-refractivity contribution in [1.82, 2.24) is 4.98 Å². The van der Waals surface area contributed by atoms with Crippen molar-refractivity contribution in [2.75, 3.05) is 0 Å². The SMILES string of the molecule is NC(Cc1cc2ccccc2cn1)C(=O)O. The van der Waals surface area contributed by atoms with Gasteiger partial charge in [0.2, 0.25) is 0 Å². The van der Waals surface area contributed by atoms with Gasteiger partial charge in [-0.2, -0.15) is 0 Å². The Hall–Kier alpha value is -1.94. The molecule has 0 bridgehead atoms.